The standard InChI is InChI=1S/C36H48N2O4S2/c1-35(2)18-19-36(3,4)31-25-28(14-15-30(31)35)32(39)16-11-26-9-12-27(13-10-26)34(41)38-21-23-42-22-20-37-33(40)8-6-5-7-29-17-24-43-44-29/h9-16,25,29H,5-8,17-24H2,1-4H3,(H,37,40)(H,38,41). The van der Waals surface area contributed by atoms with Crippen molar-refractivity contribution in [2.45, 2.75) is 88.7 Å². The molecule has 0 aromatic heterocycles. The van der Waals surface area contributed by atoms with Crippen molar-refractivity contribution < 1.29 is 19.1 Å². The Morgan fingerprint density at radius 1 is 0.886 bits per heavy atom. The number of rotatable bonds is 15. The van der Waals surface area contributed by atoms with Crippen LogP contribution in [0.1, 0.15) is 110 Å². The van der Waals surface area contributed by atoms with Gasteiger partial charge in [-0.2, -0.15) is 0 Å². The van der Waals surface area contributed by atoms with E-state index in [-0.39, 0.29) is 28.4 Å². The van der Waals surface area contributed by atoms with Crippen LogP contribution in [0.2, 0.25) is 0 Å². The van der Waals surface area contributed by atoms with Crippen LogP contribution in [0.4, 0.5) is 0 Å². The lowest BCUT2D eigenvalue weighted by Gasteiger charge is -2.42. The van der Waals surface area contributed by atoms with Crippen LogP contribution in [0.3, 0.4) is 0 Å². The highest BCUT2D eigenvalue weighted by atomic mass is 33.1. The van der Waals surface area contributed by atoms with Crippen LogP contribution >= 0.6 is 21.6 Å². The minimum Gasteiger partial charge on any atom is -0.378 e. The molecule has 2 aromatic rings. The highest BCUT2D eigenvalue weighted by Gasteiger charge is 2.37. The molecule has 2 aromatic carbocycles. The van der Waals surface area contributed by atoms with Crippen molar-refractivity contribution in [1.29, 1.82) is 0 Å². The maximum atomic E-state index is 13.0. The van der Waals surface area contributed by atoms with Gasteiger partial charge in [0.15, 0.2) is 5.78 Å². The summed E-state index contributed by atoms with van der Waals surface area (Å²) in [6.07, 6.45) is 10.7. The lowest BCUT2D eigenvalue weighted by atomic mass is 9.63. The highest BCUT2D eigenvalue weighted by Crippen LogP contribution is 2.46. The van der Waals surface area contributed by atoms with Crippen molar-refractivity contribution in [3.05, 3.63) is 76.4 Å². The minimum absolute atomic E-state index is 0.0264. The molecule has 2 N–H and O–H groups in total. The summed E-state index contributed by atoms with van der Waals surface area (Å²) in [4.78, 5) is 37.5. The number of hydrogen-bond donors (Lipinski definition) is 2. The molecule has 1 unspecified atom stereocenters. The van der Waals surface area contributed by atoms with E-state index in [9.17, 15) is 14.4 Å². The van der Waals surface area contributed by atoms with Gasteiger partial charge in [0.2, 0.25) is 5.91 Å². The summed E-state index contributed by atoms with van der Waals surface area (Å²) in [5.74, 6) is 1.12. The maximum Gasteiger partial charge on any atom is 0.251 e. The summed E-state index contributed by atoms with van der Waals surface area (Å²) in [5.41, 5.74) is 4.89. The average molecular weight is 637 g/mol. The van der Waals surface area contributed by atoms with Gasteiger partial charge in [-0.25, -0.2) is 0 Å². The number of ether oxygens (including phenoxy) is 1. The van der Waals surface area contributed by atoms with E-state index in [2.05, 4.69) is 50.5 Å². The van der Waals surface area contributed by atoms with E-state index in [4.69, 9.17) is 4.74 Å². The van der Waals surface area contributed by atoms with Crippen molar-refractivity contribution in [2.75, 3.05) is 32.1 Å². The Morgan fingerprint density at radius 3 is 2.27 bits per heavy atom. The fourth-order valence-corrected chi connectivity index (χ4v) is 8.80. The third-order valence-electron chi connectivity index (χ3n) is 8.75. The van der Waals surface area contributed by atoms with E-state index in [1.807, 2.05) is 39.8 Å². The van der Waals surface area contributed by atoms with E-state index in [1.54, 1.807) is 24.3 Å². The molecular formula is C36H48N2O4S2. The summed E-state index contributed by atoms with van der Waals surface area (Å²) >= 11 is 0. The fraction of sp³-hybridized carbons (Fsp3) is 0.528. The SMILES string of the molecule is CC1(C)CCC(C)(C)c2cc(C(=O)C=Cc3ccc(C(=O)NCCOCCNC(=O)CCCCC4CCSS4)cc3)ccc21. The zero-order valence-corrected chi connectivity index (χ0v) is 28.3. The Balaban J connectivity index is 1.12. The zero-order valence-electron chi connectivity index (χ0n) is 26.7. The quantitative estimate of drug-likeness (QED) is 0.0911. The van der Waals surface area contributed by atoms with E-state index in [0.717, 1.165) is 36.5 Å². The number of hydrogen-bond acceptors (Lipinski definition) is 6. The molecule has 0 bridgehead atoms. The van der Waals surface area contributed by atoms with Crippen molar-refractivity contribution in [3.63, 3.8) is 0 Å². The topological polar surface area (TPSA) is 84.5 Å². The summed E-state index contributed by atoms with van der Waals surface area (Å²) in [5, 5.41) is 6.52. The molecule has 0 saturated carbocycles. The summed E-state index contributed by atoms with van der Waals surface area (Å²) in [6, 6.07) is 13.3. The molecule has 6 nitrogen and oxygen atoms in total. The van der Waals surface area contributed by atoms with Gasteiger partial charge in [0.1, 0.15) is 0 Å². The lowest BCUT2D eigenvalue weighted by molar-refractivity contribution is -0.121. The number of ketones is 1. The van der Waals surface area contributed by atoms with E-state index in [1.165, 1.54) is 29.7 Å². The average Bonchev–Trinajstić information content (AvgIpc) is 3.53. The van der Waals surface area contributed by atoms with Crippen molar-refractivity contribution in [1.82, 2.24) is 10.6 Å². The first-order valence-electron chi connectivity index (χ1n) is 15.9. The third-order valence-corrected chi connectivity index (χ3v) is 11.8. The molecule has 8 heteroatoms. The minimum atomic E-state index is -0.178. The maximum absolute atomic E-state index is 13.0. The van der Waals surface area contributed by atoms with Gasteiger partial charge in [0, 0.05) is 41.6 Å². The number of allylic oxidation sites excluding steroid dienone is 1. The molecule has 1 fully saturated rings. The Labute approximate surface area is 271 Å². The van der Waals surface area contributed by atoms with Crippen LogP contribution in [0, 0.1) is 0 Å². The third kappa shape index (κ3) is 9.98. The first kappa shape index (κ1) is 34.3. The molecule has 2 aliphatic rings. The van der Waals surface area contributed by atoms with Crippen LogP contribution in [-0.4, -0.2) is 54.9 Å². The van der Waals surface area contributed by atoms with Gasteiger partial charge in [-0.15, -0.1) is 0 Å². The Morgan fingerprint density at radius 2 is 1.57 bits per heavy atom. The molecule has 1 atom stereocenters. The summed E-state index contributed by atoms with van der Waals surface area (Å²) < 4.78 is 5.55. The first-order chi connectivity index (χ1) is 21.0. The van der Waals surface area contributed by atoms with Gasteiger partial charge in [-0.3, -0.25) is 14.4 Å². The van der Waals surface area contributed by atoms with Gasteiger partial charge >= 0.3 is 0 Å². The van der Waals surface area contributed by atoms with Crippen molar-refractivity contribution in [3.8, 4) is 0 Å². The van der Waals surface area contributed by atoms with E-state index in [0.29, 0.717) is 43.9 Å². The summed E-state index contributed by atoms with van der Waals surface area (Å²) in [6.45, 7) is 10.7. The van der Waals surface area contributed by atoms with Gasteiger partial charge in [-0.1, -0.05) is 86.0 Å². The van der Waals surface area contributed by atoms with Gasteiger partial charge in [0.25, 0.3) is 5.91 Å². The first-order valence-corrected chi connectivity index (χ1v) is 18.3. The zero-order chi connectivity index (χ0) is 31.6. The molecule has 1 aliphatic carbocycles. The number of amides is 2. The van der Waals surface area contributed by atoms with Crippen molar-refractivity contribution in [2.24, 2.45) is 0 Å². The predicted molar refractivity (Wildman–Crippen MR) is 185 cm³/mol. The Hall–Kier alpha value is -2.55. The lowest BCUT2D eigenvalue weighted by Crippen LogP contribution is -2.34. The molecule has 0 spiro atoms. The summed E-state index contributed by atoms with van der Waals surface area (Å²) in [7, 11) is 3.95. The van der Waals surface area contributed by atoms with Crippen LogP contribution in [0.5, 0.6) is 0 Å². The van der Waals surface area contributed by atoms with Crippen molar-refractivity contribution >= 4 is 45.3 Å². The number of nitrogens with one attached hydrogen (secondary N) is 2. The van der Waals surface area contributed by atoms with Gasteiger partial charge in [0.05, 0.1) is 13.2 Å². The highest BCUT2D eigenvalue weighted by molar-refractivity contribution is 8.77. The normalized spacial score (nSPS) is 18.6. The molecule has 4 rings (SSSR count). The Bertz CT molecular complexity index is 1310. The van der Waals surface area contributed by atoms with Gasteiger partial charge in [-0.05, 0) is 83.9 Å². The monoisotopic (exact) mass is 636 g/mol. The molecule has 238 valence electrons. The second-order valence-corrected chi connectivity index (χ2v) is 15.9. The van der Waals surface area contributed by atoms with Crippen LogP contribution in [0.25, 0.3) is 6.08 Å². The smallest absolute Gasteiger partial charge is 0.251 e. The second kappa shape index (κ2) is 16.1. The number of benzene rings is 2. The van der Waals surface area contributed by atoms with E-state index >= 15 is 0 Å². The predicted octanol–water partition coefficient (Wildman–Crippen LogP) is 7.51. The van der Waals surface area contributed by atoms with E-state index < -0.39 is 0 Å². The number of fused-ring (bicyclic) bond motifs is 1. The van der Waals surface area contributed by atoms with Crippen LogP contribution in [0.15, 0.2) is 48.5 Å². The largest absolute Gasteiger partial charge is 0.378 e. The van der Waals surface area contributed by atoms with Crippen LogP contribution < -0.4 is 10.6 Å². The molecule has 1 saturated heterocycles. The second-order valence-electron chi connectivity index (χ2n) is 13.1. The molecule has 2 amide bonds. The number of unbranched alkanes of at least 4 members (excludes halogenated alkanes) is 1. The molecule has 1 aliphatic heterocycles. The molecule has 1 heterocycles. The van der Waals surface area contributed by atoms with Crippen LogP contribution in [-0.2, 0) is 20.4 Å². The number of carbonyl (C=O) groups is 3. The Kier molecular flexibility index (Phi) is 12.6. The van der Waals surface area contributed by atoms with Gasteiger partial charge < -0.3 is 15.4 Å². The molecule has 0 radical (unpaired) electrons. The number of carbonyl (C=O) groups excluding carboxylic acids is 3. The molecule has 44 heavy (non-hydrogen) atoms. The fourth-order valence-electron chi connectivity index (χ4n) is 5.77. The molecular weight excluding hydrogens is 589 g/mol.